The Bertz CT molecular complexity index is 1520. The van der Waals surface area contributed by atoms with Gasteiger partial charge in [0, 0.05) is 34.3 Å². The minimum Gasteiger partial charge on any atom is -0.457 e. The van der Waals surface area contributed by atoms with Gasteiger partial charge in [-0.05, 0) is 51.8 Å². The fourth-order valence-corrected chi connectivity index (χ4v) is 5.78. The first-order valence-electron chi connectivity index (χ1n) is 13.4. The van der Waals surface area contributed by atoms with E-state index in [1.54, 1.807) is 34.9 Å². The molecule has 8 nitrogen and oxygen atoms in total. The van der Waals surface area contributed by atoms with Gasteiger partial charge in [-0.1, -0.05) is 59.6 Å². The molecule has 0 saturated carbocycles. The van der Waals surface area contributed by atoms with Crippen LogP contribution < -0.4 is 0 Å². The number of likely N-dealkylation sites (tertiary alicyclic amines) is 1. The molecule has 1 fully saturated rings. The number of aromatic nitrogens is 1. The van der Waals surface area contributed by atoms with Crippen molar-refractivity contribution in [2.24, 2.45) is 0 Å². The molecule has 0 spiro atoms. The summed E-state index contributed by atoms with van der Waals surface area (Å²) >= 11 is 12.8. The molecule has 2 aromatic carbocycles. The summed E-state index contributed by atoms with van der Waals surface area (Å²) in [6, 6.07) is 14.0. The Morgan fingerprint density at radius 1 is 1.07 bits per heavy atom. The van der Waals surface area contributed by atoms with E-state index >= 15 is 0 Å². The molecule has 2 aliphatic rings. The van der Waals surface area contributed by atoms with Crippen LogP contribution >= 0.6 is 23.2 Å². The van der Waals surface area contributed by atoms with Crippen LogP contribution in [0.15, 0.2) is 48.5 Å². The number of nitrogens with zero attached hydrogens (tertiary/aromatic N) is 3. The average molecular weight is 597 g/mol. The number of amides is 2. The zero-order valence-corrected chi connectivity index (χ0v) is 24.9. The fraction of sp³-hybridized carbons (Fsp3) is 0.355. The van der Waals surface area contributed by atoms with E-state index in [0.717, 1.165) is 5.56 Å². The summed E-state index contributed by atoms with van der Waals surface area (Å²) < 4.78 is 11.2. The van der Waals surface area contributed by atoms with Crippen LogP contribution in [0.25, 0.3) is 11.1 Å². The maximum Gasteiger partial charge on any atom is 0.410 e. The molecule has 2 amide bonds. The summed E-state index contributed by atoms with van der Waals surface area (Å²) in [4.78, 5) is 48.3. The smallest absolute Gasteiger partial charge is 0.410 e. The number of benzene rings is 2. The number of esters is 1. The third kappa shape index (κ3) is 6.04. The van der Waals surface area contributed by atoms with E-state index < -0.39 is 17.7 Å². The van der Waals surface area contributed by atoms with E-state index in [0.29, 0.717) is 57.6 Å². The molecule has 41 heavy (non-hydrogen) atoms. The molecule has 0 bridgehead atoms. The van der Waals surface area contributed by atoms with Crippen LogP contribution in [0.3, 0.4) is 0 Å². The van der Waals surface area contributed by atoms with Crippen LogP contribution in [0.1, 0.15) is 64.9 Å². The predicted octanol–water partition coefficient (Wildman–Crippen LogP) is 6.69. The van der Waals surface area contributed by atoms with Gasteiger partial charge in [0.2, 0.25) is 0 Å². The van der Waals surface area contributed by atoms with Crippen LogP contribution in [-0.2, 0) is 22.6 Å². The van der Waals surface area contributed by atoms with Gasteiger partial charge in [-0.15, -0.1) is 0 Å². The number of ether oxygens (including phenoxy) is 2. The third-order valence-corrected chi connectivity index (χ3v) is 7.67. The number of pyridine rings is 1. The lowest BCUT2D eigenvalue weighted by Gasteiger charge is -2.26. The quantitative estimate of drug-likeness (QED) is 0.305. The molecule has 1 unspecified atom stereocenters. The topological polar surface area (TPSA) is 89.0 Å². The Labute approximate surface area is 249 Å². The van der Waals surface area contributed by atoms with Crippen molar-refractivity contribution < 1.29 is 23.9 Å². The van der Waals surface area contributed by atoms with Crippen molar-refractivity contribution in [3.8, 4) is 11.1 Å². The van der Waals surface area contributed by atoms with Crippen molar-refractivity contribution in [3.05, 3.63) is 86.7 Å². The number of carbonyl (C=O) groups excluding carboxylic acids is 3. The first kappa shape index (κ1) is 28.9. The van der Waals surface area contributed by atoms with E-state index in [2.05, 4.69) is 0 Å². The zero-order chi connectivity index (χ0) is 29.5. The van der Waals surface area contributed by atoms with Gasteiger partial charge in [0.05, 0.1) is 35.1 Å². The molecule has 1 atom stereocenters. The Morgan fingerprint density at radius 2 is 1.80 bits per heavy atom. The highest BCUT2D eigenvalue weighted by Gasteiger charge is 2.42. The molecule has 0 N–H and O–H groups in total. The minimum absolute atomic E-state index is 0.0621. The molecule has 1 aromatic heterocycles. The second-order valence-corrected chi connectivity index (χ2v) is 12.1. The monoisotopic (exact) mass is 595 g/mol. The van der Waals surface area contributed by atoms with Crippen molar-refractivity contribution >= 4 is 41.2 Å². The Kier molecular flexibility index (Phi) is 7.99. The Balaban J connectivity index is 1.50. The fourth-order valence-electron chi connectivity index (χ4n) is 5.28. The number of fused-ring (bicyclic) bond motifs is 1. The Morgan fingerprint density at radius 3 is 2.49 bits per heavy atom. The van der Waals surface area contributed by atoms with Crippen LogP contribution in [-0.4, -0.2) is 57.5 Å². The zero-order valence-electron chi connectivity index (χ0n) is 23.4. The van der Waals surface area contributed by atoms with Crippen LogP contribution in [0.2, 0.25) is 10.0 Å². The van der Waals surface area contributed by atoms with Crippen molar-refractivity contribution in [3.63, 3.8) is 0 Å². The lowest BCUT2D eigenvalue weighted by molar-refractivity contribution is 0.0275. The largest absolute Gasteiger partial charge is 0.457 e. The highest BCUT2D eigenvalue weighted by Crippen LogP contribution is 2.41. The lowest BCUT2D eigenvalue weighted by Crippen LogP contribution is -2.40. The summed E-state index contributed by atoms with van der Waals surface area (Å²) in [5.41, 5.74) is 2.54. The van der Waals surface area contributed by atoms with Gasteiger partial charge < -0.3 is 19.3 Å². The maximum absolute atomic E-state index is 14.1. The highest BCUT2D eigenvalue weighted by molar-refractivity contribution is 6.37. The summed E-state index contributed by atoms with van der Waals surface area (Å²) in [5.74, 6) is -0.882. The summed E-state index contributed by atoms with van der Waals surface area (Å²) in [6.45, 7) is 8.30. The van der Waals surface area contributed by atoms with Crippen LogP contribution in [0, 0.1) is 6.92 Å². The van der Waals surface area contributed by atoms with E-state index in [4.69, 9.17) is 37.7 Å². The molecular weight excluding hydrogens is 565 g/mol. The van der Waals surface area contributed by atoms with Gasteiger partial charge >= 0.3 is 12.1 Å². The summed E-state index contributed by atoms with van der Waals surface area (Å²) in [7, 11) is 0. The number of hydrogen-bond acceptors (Lipinski definition) is 6. The number of rotatable bonds is 5. The maximum atomic E-state index is 14.1. The number of aryl methyl sites for hydroxylation is 1. The van der Waals surface area contributed by atoms with Crippen molar-refractivity contribution in [2.75, 3.05) is 13.1 Å². The molecule has 1 saturated heterocycles. The molecule has 214 valence electrons. The first-order chi connectivity index (χ1) is 19.4. The number of halogens is 2. The molecule has 2 aliphatic heterocycles. The molecule has 5 rings (SSSR count). The van der Waals surface area contributed by atoms with Gasteiger partial charge in [-0.3, -0.25) is 9.78 Å². The van der Waals surface area contributed by atoms with E-state index in [1.807, 2.05) is 51.1 Å². The van der Waals surface area contributed by atoms with Gasteiger partial charge in [-0.25, -0.2) is 9.59 Å². The third-order valence-electron chi connectivity index (χ3n) is 7.12. The summed E-state index contributed by atoms with van der Waals surface area (Å²) in [5, 5.41) is 0.723. The summed E-state index contributed by atoms with van der Waals surface area (Å²) in [6.07, 6.45) is 0.191. The highest BCUT2D eigenvalue weighted by atomic mass is 35.5. The SMILES string of the molecule is Cc1nc2c(c(-c3ccc(Cl)cc3Cl)c1C(=O)OCc1ccccc1)C(=O)N(C1CCN(C(=O)OC(C)(C)C)C1)C2. The standard InChI is InChI=1S/C31H31Cl2N3O5/c1-18-25(29(38)40-17-19-8-6-5-7-9-19)26(22-11-10-20(32)14-23(22)33)27-24(34-18)16-36(28(27)37)21-12-13-35(15-21)30(39)41-31(2,3)4/h5-11,14,21H,12-13,15-17H2,1-4H3. The lowest BCUT2D eigenvalue weighted by atomic mass is 9.93. The molecular formula is C31H31Cl2N3O5. The van der Waals surface area contributed by atoms with Gasteiger partial charge in [0.15, 0.2) is 0 Å². The Hall–Kier alpha value is -3.62. The van der Waals surface area contributed by atoms with Crippen molar-refractivity contribution in [2.45, 2.75) is 58.9 Å². The van der Waals surface area contributed by atoms with Crippen molar-refractivity contribution in [1.29, 1.82) is 0 Å². The van der Waals surface area contributed by atoms with E-state index in [-0.39, 0.29) is 30.7 Å². The molecule has 10 heteroatoms. The van der Waals surface area contributed by atoms with Gasteiger partial charge in [0.25, 0.3) is 5.91 Å². The molecule has 3 aromatic rings. The minimum atomic E-state index is -0.616. The van der Waals surface area contributed by atoms with Crippen LogP contribution in [0.4, 0.5) is 4.79 Å². The molecule has 0 aliphatic carbocycles. The normalized spacial score (nSPS) is 16.6. The van der Waals surface area contributed by atoms with Gasteiger partial charge in [-0.2, -0.15) is 0 Å². The first-order valence-corrected chi connectivity index (χ1v) is 14.2. The predicted molar refractivity (Wildman–Crippen MR) is 156 cm³/mol. The number of hydrogen-bond donors (Lipinski definition) is 0. The second kappa shape index (κ2) is 11.3. The van der Waals surface area contributed by atoms with E-state index in [1.165, 1.54) is 0 Å². The van der Waals surface area contributed by atoms with E-state index in [9.17, 15) is 14.4 Å². The van der Waals surface area contributed by atoms with Crippen LogP contribution in [0.5, 0.6) is 0 Å². The number of carbonyl (C=O) groups is 3. The molecule has 3 heterocycles. The molecule has 0 radical (unpaired) electrons. The van der Waals surface area contributed by atoms with Crippen molar-refractivity contribution in [1.82, 2.24) is 14.8 Å². The van der Waals surface area contributed by atoms with Gasteiger partial charge in [0.1, 0.15) is 12.2 Å². The average Bonchev–Trinajstić information content (AvgIpc) is 3.51. The second-order valence-electron chi connectivity index (χ2n) is 11.3.